The smallest absolute Gasteiger partial charge is 0.326 e. The third-order valence-corrected chi connectivity index (χ3v) is 6.71. The Kier molecular flexibility index (Phi) is 27.5. The van der Waals surface area contributed by atoms with E-state index in [9.17, 15) is 33.9 Å². The van der Waals surface area contributed by atoms with Crippen LogP contribution in [0.25, 0.3) is 0 Å². The van der Waals surface area contributed by atoms with Crippen molar-refractivity contribution in [3.63, 3.8) is 0 Å². The quantitative estimate of drug-likeness (QED) is 0.0343. The van der Waals surface area contributed by atoms with E-state index in [2.05, 4.69) is 21.3 Å². The molecular formula is C28H49IN4O11. The number of carbonyl (C=O) groups is 6. The van der Waals surface area contributed by atoms with Crippen LogP contribution >= 0.6 is 22.6 Å². The number of carboxylic acid groups (broad SMARTS) is 2. The van der Waals surface area contributed by atoms with Crippen LogP contribution in [0.15, 0.2) is 0 Å². The van der Waals surface area contributed by atoms with Gasteiger partial charge in [0, 0.05) is 38.9 Å². The maximum absolute atomic E-state index is 12.1. The number of amides is 4. The van der Waals surface area contributed by atoms with E-state index < -0.39 is 18.0 Å². The maximum atomic E-state index is 12.1. The second-order valence-corrected chi connectivity index (χ2v) is 10.6. The van der Waals surface area contributed by atoms with E-state index in [1.54, 1.807) is 0 Å². The topological polar surface area (TPSA) is 219 Å². The first-order valence-corrected chi connectivity index (χ1v) is 16.5. The number of unbranched alkanes of at least 4 members (excludes halogenated alkanes) is 6. The minimum atomic E-state index is -1.20. The Morgan fingerprint density at radius 2 is 1.07 bits per heavy atom. The van der Waals surface area contributed by atoms with Crippen molar-refractivity contribution in [3.8, 4) is 0 Å². The highest BCUT2D eigenvalue weighted by molar-refractivity contribution is 14.1. The van der Waals surface area contributed by atoms with Crippen LogP contribution in [0.1, 0.15) is 70.6 Å². The summed E-state index contributed by atoms with van der Waals surface area (Å²) in [5.74, 6) is -3.07. The standard InChI is InChI=1S/C28H49IN4O11/c29-20-25(36)31-13-15-42-16-14-32-26(37)21-44-19-18-43-17-12-30-23(34)11-10-22(28(40)41)33-24(35)8-6-4-2-1-3-5-7-9-27(38)39/h22H,1-21H2,(H,30,34)(H,31,36)(H,32,37)(H,33,35)(H,38,39)(H,40,41). The molecule has 15 nitrogen and oxygen atoms in total. The van der Waals surface area contributed by atoms with E-state index in [0.29, 0.717) is 43.6 Å². The van der Waals surface area contributed by atoms with Crippen LogP contribution < -0.4 is 21.3 Å². The number of carbonyl (C=O) groups excluding carboxylic acids is 4. The zero-order chi connectivity index (χ0) is 32.8. The Hall–Kier alpha value is -2.57. The van der Waals surface area contributed by atoms with Crippen LogP contribution in [-0.2, 0) is 43.0 Å². The Balaban J connectivity index is 3.72. The zero-order valence-corrected chi connectivity index (χ0v) is 27.5. The molecule has 0 aliphatic carbocycles. The van der Waals surface area contributed by atoms with E-state index >= 15 is 0 Å². The molecule has 254 valence electrons. The predicted octanol–water partition coefficient (Wildman–Crippen LogP) is 0.765. The number of ether oxygens (including phenoxy) is 3. The summed E-state index contributed by atoms with van der Waals surface area (Å²) in [7, 11) is 0. The second-order valence-electron chi connectivity index (χ2n) is 9.83. The summed E-state index contributed by atoms with van der Waals surface area (Å²) in [5.41, 5.74) is 0. The number of carboxylic acids is 2. The lowest BCUT2D eigenvalue weighted by Crippen LogP contribution is -2.41. The van der Waals surface area contributed by atoms with E-state index in [1.807, 2.05) is 22.6 Å². The Morgan fingerprint density at radius 1 is 0.568 bits per heavy atom. The van der Waals surface area contributed by atoms with Crippen molar-refractivity contribution in [1.29, 1.82) is 0 Å². The molecule has 1 atom stereocenters. The molecule has 0 aliphatic heterocycles. The molecule has 0 radical (unpaired) electrons. The molecule has 6 N–H and O–H groups in total. The molecule has 0 saturated carbocycles. The maximum Gasteiger partial charge on any atom is 0.326 e. The van der Waals surface area contributed by atoms with Gasteiger partial charge in [-0.15, -0.1) is 0 Å². The first-order valence-electron chi connectivity index (χ1n) is 15.0. The fourth-order valence-corrected chi connectivity index (χ4v) is 3.98. The van der Waals surface area contributed by atoms with Gasteiger partial charge in [0.15, 0.2) is 0 Å². The Bertz CT molecular complexity index is 848. The molecule has 44 heavy (non-hydrogen) atoms. The number of alkyl halides is 1. The van der Waals surface area contributed by atoms with Crippen LogP contribution in [0.4, 0.5) is 0 Å². The number of halogens is 1. The number of rotatable bonds is 30. The average Bonchev–Trinajstić information content (AvgIpc) is 2.98. The molecule has 0 saturated heterocycles. The lowest BCUT2D eigenvalue weighted by Gasteiger charge is -2.14. The van der Waals surface area contributed by atoms with Gasteiger partial charge in [0.1, 0.15) is 12.6 Å². The van der Waals surface area contributed by atoms with Gasteiger partial charge in [0.25, 0.3) is 0 Å². The number of hydrogen-bond donors (Lipinski definition) is 6. The van der Waals surface area contributed by atoms with Gasteiger partial charge in [0.05, 0.1) is 37.5 Å². The summed E-state index contributed by atoms with van der Waals surface area (Å²) in [6.45, 7) is 2.09. The summed E-state index contributed by atoms with van der Waals surface area (Å²) in [6.07, 6.45) is 6.12. The van der Waals surface area contributed by atoms with Gasteiger partial charge < -0.3 is 45.7 Å². The second kappa shape index (κ2) is 29.2. The molecule has 0 heterocycles. The van der Waals surface area contributed by atoms with Gasteiger partial charge in [0.2, 0.25) is 23.6 Å². The number of aliphatic carboxylic acids is 2. The van der Waals surface area contributed by atoms with E-state index in [1.165, 1.54) is 0 Å². The SMILES string of the molecule is O=C(O)CCCCCCCCCC(=O)NC(CCC(=O)NCCOCCOCC(=O)NCCOCCNC(=O)CI)C(=O)O. The lowest BCUT2D eigenvalue weighted by atomic mass is 10.1. The van der Waals surface area contributed by atoms with Crippen molar-refractivity contribution in [1.82, 2.24) is 21.3 Å². The fraction of sp³-hybridized carbons (Fsp3) is 0.786. The number of hydrogen-bond acceptors (Lipinski definition) is 9. The summed E-state index contributed by atoms with van der Waals surface area (Å²) < 4.78 is 16.2. The van der Waals surface area contributed by atoms with E-state index in [4.69, 9.17) is 19.3 Å². The first-order chi connectivity index (χ1) is 21.1. The largest absolute Gasteiger partial charge is 0.481 e. The molecule has 1 unspecified atom stereocenters. The van der Waals surface area contributed by atoms with Crippen molar-refractivity contribution >= 4 is 58.2 Å². The van der Waals surface area contributed by atoms with Crippen LogP contribution in [0.2, 0.25) is 0 Å². The highest BCUT2D eigenvalue weighted by Gasteiger charge is 2.20. The van der Waals surface area contributed by atoms with Gasteiger partial charge in [-0.1, -0.05) is 54.7 Å². The predicted molar refractivity (Wildman–Crippen MR) is 168 cm³/mol. The average molecular weight is 745 g/mol. The molecule has 4 amide bonds. The first kappa shape index (κ1) is 41.4. The van der Waals surface area contributed by atoms with Crippen molar-refractivity contribution in [3.05, 3.63) is 0 Å². The molecule has 0 fully saturated rings. The summed E-state index contributed by atoms with van der Waals surface area (Å²) in [6, 6.07) is -1.15. The van der Waals surface area contributed by atoms with Crippen molar-refractivity contribution < 1.29 is 53.2 Å². The lowest BCUT2D eigenvalue weighted by molar-refractivity contribution is -0.142. The van der Waals surface area contributed by atoms with Crippen LogP contribution in [-0.4, -0.2) is 116 Å². The van der Waals surface area contributed by atoms with Crippen molar-refractivity contribution in [2.75, 3.05) is 63.7 Å². The Labute approximate surface area is 272 Å². The minimum absolute atomic E-state index is 0.0386. The van der Waals surface area contributed by atoms with Crippen LogP contribution in [0.3, 0.4) is 0 Å². The number of nitrogens with one attached hydrogen (secondary N) is 4. The highest BCUT2D eigenvalue weighted by atomic mass is 127. The van der Waals surface area contributed by atoms with Crippen LogP contribution in [0, 0.1) is 0 Å². The summed E-state index contributed by atoms with van der Waals surface area (Å²) >= 11 is 1.97. The molecule has 0 aromatic heterocycles. The normalized spacial score (nSPS) is 11.4. The molecule has 0 aromatic carbocycles. The zero-order valence-electron chi connectivity index (χ0n) is 25.4. The molecular weight excluding hydrogens is 695 g/mol. The van der Waals surface area contributed by atoms with Crippen molar-refractivity contribution in [2.24, 2.45) is 0 Å². The third-order valence-electron chi connectivity index (χ3n) is 6.02. The molecule has 0 aromatic rings. The minimum Gasteiger partial charge on any atom is -0.481 e. The van der Waals surface area contributed by atoms with E-state index in [-0.39, 0.29) is 82.3 Å². The van der Waals surface area contributed by atoms with Gasteiger partial charge in [-0.05, 0) is 19.3 Å². The van der Waals surface area contributed by atoms with Crippen molar-refractivity contribution in [2.45, 2.75) is 76.7 Å². The third kappa shape index (κ3) is 28.2. The highest BCUT2D eigenvalue weighted by Crippen LogP contribution is 2.10. The molecule has 0 aliphatic rings. The molecule has 0 bridgehead atoms. The van der Waals surface area contributed by atoms with Gasteiger partial charge >= 0.3 is 11.9 Å². The fourth-order valence-electron chi connectivity index (χ4n) is 3.71. The Morgan fingerprint density at radius 3 is 1.64 bits per heavy atom. The van der Waals surface area contributed by atoms with Gasteiger partial charge in [-0.25, -0.2) is 4.79 Å². The van der Waals surface area contributed by atoms with Crippen LogP contribution in [0.5, 0.6) is 0 Å². The molecule has 0 spiro atoms. The summed E-state index contributed by atoms with van der Waals surface area (Å²) in [4.78, 5) is 68.9. The van der Waals surface area contributed by atoms with Gasteiger partial charge in [-0.2, -0.15) is 0 Å². The summed E-state index contributed by atoms with van der Waals surface area (Å²) in [5, 5.41) is 28.4. The molecule has 0 rings (SSSR count). The van der Waals surface area contributed by atoms with Gasteiger partial charge in [-0.3, -0.25) is 24.0 Å². The van der Waals surface area contributed by atoms with E-state index in [0.717, 1.165) is 32.1 Å². The molecule has 16 heteroatoms. The monoisotopic (exact) mass is 744 g/mol.